The number of anilines is 1. The molecule has 4 aliphatic rings. The Bertz CT molecular complexity index is 1860. The molecule has 0 radical (unpaired) electrons. The molecule has 7 rings (SSSR count). The second kappa shape index (κ2) is 15.0. The van der Waals surface area contributed by atoms with Gasteiger partial charge >= 0.3 is 5.97 Å². The van der Waals surface area contributed by atoms with Gasteiger partial charge in [-0.25, -0.2) is 0 Å². The molecule has 52 heavy (non-hydrogen) atoms. The first kappa shape index (κ1) is 35.6. The van der Waals surface area contributed by atoms with Gasteiger partial charge in [-0.15, -0.1) is 0 Å². The van der Waals surface area contributed by atoms with E-state index >= 15 is 4.79 Å². The highest BCUT2D eigenvalue weighted by Crippen LogP contribution is 2.57. The Kier molecular flexibility index (Phi) is 10.3. The summed E-state index contributed by atoms with van der Waals surface area (Å²) in [5.41, 5.74) is 0.214. The first-order valence-corrected chi connectivity index (χ1v) is 17.8. The number of carbonyl (C=O) groups excluding carboxylic acids is 4. The number of esters is 1. The van der Waals surface area contributed by atoms with Gasteiger partial charge in [-0.2, -0.15) is 0 Å². The van der Waals surface area contributed by atoms with Crippen molar-refractivity contribution in [3.05, 3.63) is 125 Å². The number of rotatable bonds is 7. The number of cyclic esters (lactones) is 1. The average molecular weight is 726 g/mol. The zero-order valence-electron chi connectivity index (χ0n) is 28.5. The van der Waals surface area contributed by atoms with Crippen LogP contribution < -0.4 is 10.2 Å². The molecular weight excluding hydrogens is 686 g/mol. The summed E-state index contributed by atoms with van der Waals surface area (Å²) in [6, 6.07) is 21.8. The van der Waals surface area contributed by atoms with E-state index in [1.807, 2.05) is 18.2 Å². The summed E-state index contributed by atoms with van der Waals surface area (Å²) in [6.45, 7) is -0.349. The van der Waals surface area contributed by atoms with Gasteiger partial charge in [-0.05, 0) is 41.8 Å². The first-order valence-electron chi connectivity index (χ1n) is 17.4. The lowest BCUT2D eigenvalue weighted by molar-refractivity contribution is -0.162. The van der Waals surface area contributed by atoms with Crippen LogP contribution in [-0.4, -0.2) is 84.4 Å². The Labute approximate surface area is 306 Å². The van der Waals surface area contributed by atoms with E-state index in [0.29, 0.717) is 28.3 Å². The third kappa shape index (κ3) is 6.43. The highest BCUT2D eigenvalue weighted by molar-refractivity contribution is 6.30. The van der Waals surface area contributed by atoms with E-state index in [-0.39, 0.29) is 25.5 Å². The van der Waals surface area contributed by atoms with Crippen molar-refractivity contribution in [3.8, 4) is 0 Å². The Morgan fingerprint density at radius 3 is 2.37 bits per heavy atom. The van der Waals surface area contributed by atoms with Gasteiger partial charge in [0.25, 0.3) is 5.91 Å². The lowest BCUT2D eigenvalue weighted by atomic mass is 9.74. The highest BCUT2D eigenvalue weighted by Gasteiger charge is 2.74. The summed E-state index contributed by atoms with van der Waals surface area (Å²) in [4.78, 5) is 60.8. The topological polar surface area (TPSA) is 135 Å². The molecule has 0 aliphatic carbocycles. The number of hydrogen-bond donors (Lipinski definition) is 2. The molecule has 2 N–H and O–H groups in total. The molecule has 0 unspecified atom stereocenters. The number of hydrogen-bond acceptors (Lipinski definition) is 8. The molecule has 5 bridgehead atoms. The Hall–Kier alpha value is -4.81. The number of methoxy groups -OCH3 is 1. The number of nitrogens with zero attached hydrogens (tertiary/aromatic N) is 2. The summed E-state index contributed by atoms with van der Waals surface area (Å²) in [5, 5.41) is 14.4. The van der Waals surface area contributed by atoms with Crippen LogP contribution in [0.3, 0.4) is 0 Å². The van der Waals surface area contributed by atoms with Crippen LogP contribution in [0.4, 0.5) is 5.69 Å². The molecule has 8 atom stereocenters. The maximum atomic E-state index is 15.2. The second-order valence-electron chi connectivity index (χ2n) is 13.4. The lowest BCUT2D eigenvalue weighted by Crippen LogP contribution is -2.57. The van der Waals surface area contributed by atoms with Gasteiger partial charge in [0.05, 0.1) is 37.3 Å². The molecule has 270 valence electrons. The molecule has 12 heteroatoms. The molecule has 1 spiro atoms. The molecule has 11 nitrogen and oxygen atoms in total. The third-order valence-electron chi connectivity index (χ3n) is 10.3. The van der Waals surface area contributed by atoms with E-state index in [2.05, 4.69) is 5.32 Å². The van der Waals surface area contributed by atoms with Crippen molar-refractivity contribution in [3.63, 3.8) is 0 Å². The van der Waals surface area contributed by atoms with Gasteiger partial charge in [0.1, 0.15) is 23.7 Å². The molecule has 2 fully saturated rings. The summed E-state index contributed by atoms with van der Waals surface area (Å²) >= 11 is 6.23. The van der Waals surface area contributed by atoms with Crippen molar-refractivity contribution in [2.45, 2.75) is 48.8 Å². The molecule has 3 aromatic rings. The Morgan fingerprint density at radius 2 is 1.67 bits per heavy atom. The fraction of sp³-hybridized carbons (Fsp3) is 0.350. The standard InChI is InChI=1S/C40H40ClN3O8/c1-50-24-29-35(26-13-7-3-8-14-26)51-39(49)33-31-20-21-40(52-31)34(33)37(47)44(30(23-45)25-11-5-2-6-12-25)36(40)38(48)43(28-18-16-27(41)17-19-28)22-10-4-9-15-32(46)42-29/h2-8,10-14,16-21,29-31,33-36,45H,9,15,22-24H2,1H3,(H,42,46)/b10-4-/t29-,30-,31+,33-,34-,35-,36+,40-/m1/s1. The smallest absolute Gasteiger partial charge is 0.313 e. The zero-order chi connectivity index (χ0) is 36.4. The minimum atomic E-state index is -1.55. The van der Waals surface area contributed by atoms with Crippen LogP contribution in [0.5, 0.6) is 0 Å². The van der Waals surface area contributed by atoms with Crippen molar-refractivity contribution in [2.75, 3.05) is 31.8 Å². The number of nitrogens with one attached hydrogen (secondary N) is 1. The van der Waals surface area contributed by atoms with Crippen LogP contribution in [0, 0.1) is 11.8 Å². The van der Waals surface area contributed by atoms with E-state index in [0.717, 1.165) is 0 Å². The van der Waals surface area contributed by atoms with Gasteiger partial charge < -0.3 is 34.4 Å². The Morgan fingerprint density at radius 1 is 0.962 bits per heavy atom. The van der Waals surface area contributed by atoms with Crippen LogP contribution in [0.25, 0.3) is 0 Å². The van der Waals surface area contributed by atoms with E-state index in [4.69, 9.17) is 25.8 Å². The van der Waals surface area contributed by atoms with Crippen molar-refractivity contribution >= 4 is 41.0 Å². The zero-order valence-corrected chi connectivity index (χ0v) is 29.3. The number of aliphatic hydroxyl groups excluding tert-OH is 1. The quantitative estimate of drug-likeness (QED) is 0.272. The predicted octanol–water partition coefficient (Wildman–Crippen LogP) is 4.32. The third-order valence-corrected chi connectivity index (χ3v) is 10.6. The largest absolute Gasteiger partial charge is 0.455 e. The number of halogens is 1. The minimum absolute atomic E-state index is 0.0425. The number of ether oxygens (including phenoxy) is 3. The molecule has 3 amide bonds. The number of carbonyl (C=O) groups is 4. The van der Waals surface area contributed by atoms with Crippen molar-refractivity contribution < 1.29 is 38.5 Å². The van der Waals surface area contributed by atoms with E-state index in [1.54, 1.807) is 91.0 Å². The van der Waals surface area contributed by atoms with Crippen molar-refractivity contribution in [1.82, 2.24) is 10.2 Å². The summed E-state index contributed by atoms with van der Waals surface area (Å²) < 4.78 is 18.4. The highest BCUT2D eigenvalue weighted by atomic mass is 35.5. The van der Waals surface area contributed by atoms with E-state index in [1.165, 1.54) is 16.9 Å². The van der Waals surface area contributed by atoms with Gasteiger partial charge in [0, 0.05) is 30.8 Å². The van der Waals surface area contributed by atoms with Crippen molar-refractivity contribution in [1.29, 1.82) is 0 Å². The van der Waals surface area contributed by atoms with Gasteiger partial charge in [0.15, 0.2) is 0 Å². The van der Waals surface area contributed by atoms with Crippen LogP contribution in [0.1, 0.15) is 36.1 Å². The van der Waals surface area contributed by atoms with Crippen LogP contribution in [0.15, 0.2) is 109 Å². The number of amides is 3. The number of aliphatic hydroxyl groups is 1. The number of fused-ring (bicyclic) bond motifs is 2. The SMILES string of the molecule is COC[C@H]1NC(=O)CC/C=C\CN(c2ccc(Cl)cc2)C(=O)[C@@H]2N([C@H](CO)c3ccccc3)C(=O)[C@H]3[C@H](C(=O)O[C@@H]1c1ccccc1)[C@@H]1C=C[C@]23O1. The number of allylic oxidation sites excluding steroid dienone is 1. The summed E-state index contributed by atoms with van der Waals surface area (Å²) in [7, 11) is 1.50. The fourth-order valence-corrected chi connectivity index (χ4v) is 8.14. The maximum absolute atomic E-state index is 15.2. The summed E-state index contributed by atoms with van der Waals surface area (Å²) in [5.74, 6) is -4.25. The molecule has 2 saturated heterocycles. The van der Waals surface area contributed by atoms with Crippen molar-refractivity contribution in [2.24, 2.45) is 11.8 Å². The summed E-state index contributed by atoms with van der Waals surface area (Å²) in [6.07, 6.45) is 5.71. The average Bonchev–Trinajstić information content (AvgIpc) is 3.80. The molecular formula is C40H40ClN3O8. The second-order valence-corrected chi connectivity index (χ2v) is 13.8. The lowest BCUT2D eigenvalue weighted by Gasteiger charge is -2.39. The Balaban J connectivity index is 1.37. The number of likely N-dealkylation sites (tertiary alicyclic amines) is 1. The first-order chi connectivity index (χ1) is 25.3. The van der Waals surface area contributed by atoms with Crippen LogP contribution >= 0.6 is 11.6 Å². The fourth-order valence-electron chi connectivity index (χ4n) is 8.02. The van der Waals surface area contributed by atoms with Gasteiger partial charge in [0.2, 0.25) is 11.8 Å². The predicted molar refractivity (Wildman–Crippen MR) is 192 cm³/mol. The normalized spacial score (nSPS) is 30.2. The van der Waals surface area contributed by atoms with Crippen LogP contribution in [-0.2, 0) is 33.4 Å². The molecule has 0 saturated carbocycles. The van der Waals surface area contributed by atoms with Gasteiger partial charge in [-0.1, -0.05) is 96.6 Å². The maximum Gasteiger partial charge on any atom is 0.313 e. The van der Waals surface area contributed by atoms with Crippen LogP contribution in [0.2, 0.25) is 5.02 Å². The number of benzene rings is 3. The minimum Gasteiger partial charge on any atom is -0.455 e. The molecule has 0 aromatic heterocycles. The molecule has 4 heterocycles. The van der Waals surface area contributed by atoms with E-state index < -0.39 is 72.2 Å². The van der Waals surface area contributed by atoms with Gasteiger partial charge in [-0.3, -0.25) is 19.2 Å². The molecule has 4 aliphatic heterocycles. The van der Waals surface area contributed by atoms with E-state index in [9.17, 15) is 19.5 Å². The monoisotopic (exact) mass is 725 g/mol. The molecule has 3 aromatic carbocycles.